The van der Waals surface area contributed by atoms with Gasteiger partial charge in [0.1, 0.15) is 0 Å². The average Bonchev–Trinajstić information content (AvgIpc) is 2.47. The maximum atomic E-state index is 6.10. The van der Waals surface area contributed by atoms with Crippen molar-refractivity contribution in [3.05, 3.63) is 34.9 Å². The van der Waals surface area contributed by atoms with Crippen LogP contribution >= 0.6 is 0 Å². The topological polar surface area (TPSA) is 24.5 Å². The van der Waals surface area contributed by atoms with Crippen LogP contribution < -0.4 is 5.32 Å². The number of aryl methyl sites for hydroxylation is 2. The molecule has 0 aliphatic carbocycles. The summed E-state index contributed by atoms with van der Waals surface area (Å²) in [6.45, 7) is 13.8. The fraction of sp³-hybridized carbons (Fsp3) is 0.667. The van der Waals surface area contributed by atoms with Gasteiger partial charge in [0.15, 0.2) is 0 Å². The molecule has 1 saturated heterocycles. The summed E-state index contributed by atoms with van der Waals surface area (Å²) in [5.41, 5.74) is 4.02. The van der Waals surface area contributed by atoms with E-state index in [0.717, 1.165) is 39.2 Å². The second-order valence-corrected chi connectivity index (χ2v) is 6.16. The molecule has 0 saturated carbocycles. The molecular formula is C18H30N2O. The quantitative estimate of drug-likeness (QED) is 0.871. The first kappa shape index (κ1) is 16.5. The minimum atomic E-state index is 0.242. The molecule has 0 bridgehead atoms. The van der Waals surface area contributed by atoms with E-state index in [1.807, 2.05) is 0 Å². The van der Waals surface area contributed by atoms with E-state index in [2.05, 4.69) is 56.1 Å². The molecular weight excluding hydrogens is 260 g/mol. The van der Waals surface area contributed by atoms with Gasteiger partial charge in [-0.2, -0.15) is 0 Å². The molecule has 0 spiro atoms. The van der Waals surface area contributed by atoms with Crippen LogP contribution in [0.3, 0.4) is 0 Å². The van der Waals surface area contributed by atoms with Crippen molar-refractivity contribution < 1.29 is 4.74 Å². The number of benzene rings is 1. The summed E-state index contributed by atoms with van der Waals surface area (Å²) in [5.74, 6) is 0. The van der Waals surface area contributed by atoms with Gasteiger partial charge < -0.3 is 10.1 Å². The molecule has 0 aromatic heterocycles. The number of hydrogen-bond donors (Lipinski definition) is 1. The highest BCUT2D eigenvalue weighted by Crippen LogP contribution is 2.24. The van der Waals surface area contributed by atoms with Gasteiger partial charge in [-0.15, -0.1) is 0 Å². The Bertz CT molecular complexity index is 427. The van der Waals surface area contributed by atoms with Gasteiger partial charge in [0.2, 0.25) is 0 Å². The molecule has 21 heavy (non-hydrogen) atoms. The lowest BCUT2D eigenvalue weighted by atomic mass is 9.96. The Hall–Kier alpha value is -0.900. The third kappa shape index (κ3) is 4.53. The Morgan fingerprint density at radius 2 is 1.95 bits per heavy atom. The Balaban J connectivity index is 2.20. The number of nitrogens with zero attached hydrogens (tertiary/aromatic N) is 1. The number of likely N-dealkylation sites (N-methyl/N-ethyl adjacent to an activating group) is 1. The van der Waals surface area contributed by atoms with Crippen molar-refractivity contribution in [2.75, 3.05) is 32.8 Å². The highest BCUT2D eigenvalue weighted by atomic mass is 16.5. The summed E-state index contributed by atoms with van der Waals surface area (Å²) < 4.78 is 6.10. The fourth-order valence-corrected chi connectivity index (χ4v) is 3.17. The third-order valence-corrected chi connectivity index (χ3v) is 4.21. The molecule has 1 aromatic carbocycles. The number of rotatable bonds is 6. The van der Waals surface area contributed by atoms with E-state index in [-0.39, 0.29) is 12.1 Å². The maximum Gasteiger partial charge on any atom is 0.0896 e. The van der Waals surface area contributed by atoms with Crippen molar-refractivity contribution in [3.8, 4) is 0 Å². The summed E-state index contributed by atoms with van der Waals surface area (Å²) in [6.07, 6.45) is 1.39. The highest BCUT2D eigenvalue weighted by molar-refractivity contribution is 5.31. The Kier molecular flexibility index (Phi) is 6.22. The van der Waals surface area contributed by atoms with E-state index in [9.17, 15) is 0 Å². The Morgan fingerprint density at radius 3 is 2.57 bits per heavy atom. The zero-order chi connectivity index (χ0) is 15.2. The summed E-state index contributed by atoms with van der Waals surface area (Å²) >= 11 is 0. The molecule has 1 N–H and O–H groups in total. The molecule has 1 aliphatic heterocycles. The van der Waals surface area contributed by atoms with Crippen LogP contribution in [0, 0.1) is 13.8 Å². The van der Waals surface area contributed by atoms with E-state index in [0.29, 0.717) is 0 Å². The van der Waals surface area contributed by atoms with Crippen molar-refractivity contribution in [2.45, 2.75) is 46.3 Å². The van der Waals surface area contributed by atoms with Crippen LogP contribution in [-0.2, 0) is 4.74 Å². The van der Waals surface area contributed by atoms with Crippen LogP contribution in [0.2, 0.25) is 0 Å². The summed E-state index contributed by atoms with van der Waals surface area (Å²) in [4.78, 5) is 2.48. The predicted molar refractivity (Wildman–Crippen MR) is 88.8 cm³/mol. The molecule has 2 unspecified atom stereocenters. The minimum absolute atomic E-state index is 0.242. The normalized spacial score (nSPS) is 21.4. The van der Waals surface area contributed by atoms with Crippen molar-refractivity contribution in [2.24, 2.45) is 0 Å². The zero-order valence-corrected chi connectivity index (χ0v) is 14.0. The van der Waals surface area contributed by atoms with Crippen LogP contribution in [-0.4, -0.2) is 43.8 Å². The molecule has 1 fully saturated rings. The molecule has 2 rings (SSSR count). The first-order chi connectivity index (χ1) is 10.1. The summed E-state index contributed by atoms with van der Waals surface area (Å²) in [5, 5.41) is 3.70. The van der Waals surface area contributed by atoms with Crippen LogP contribution in [0.1, 0.15) is 43.0 Å². The van der Waals surface area contributed by atoms with Crippen LogP contribution in [0.15, 0.2) is 18.2 Å². The molecule has 3 heteroatoms. The van der Waals surface area contributed by atoms with E-state index in [1.165, 1.54) is 16.7 Å². The molecule has 0 radical (unpaired) electrons. The first-order valence-corrected chi connectivity index (χ1v) is 8.29. The van der Waals surface area contributed by atoms with Crippen LogP contribution in [0.4, 0.5) is 0 Å². The number of nitrogens with one attached hydrogen (secondary N) is 1. The fourth-order valence-electron chi connectivity index (χ4n) is 3.17. The van der Waals surface area contributed by atoms with Crippen LogP contribution in [0.25, 0.3) is 0 Å². The lowest BCUT2D eigenvalue weighted by molar-refractivity contribution is -0.0455. The van der Waals surface area contributed by atoms with Crippen molar-refractivity contribution in [1.82, 2.24) is 10.2 Å². The van der Waals surface area contributed by atoms with Gasteiger partial charge in [0, 0.05) is 13.1 Å². The van der Waals surface area contributed by atoms with Crippen molar-refractivity contribution in [3.63, 3.8) is 0 Å². The molecule has 1 aliphatic rings. The smallest absolute Gasteiger partial charge is 0.0896 e. The Labute approximate surface area is 129 Å². The van der Waals surface area contributed by atoms with Crippen molar-refractivity contribution >= 4 is 0 Å². The lowest BCUT2D eigenvalue weighted by Crippen LogP contribution is -2.48. The monoisotopic (exact) mass is 290 g/mol. The molecule has 118 valence electrons. The summed E-state index contributed by atoms with van der Waals surface area (Å²) in [6, 6.07) is 7.13. The second kappa shape index (κ2) is 7.92. The molecule has 0 amide bonds. The number of morpholine rings is 1. The van der Waals surface area contributed by atoms with E-state index in [1.54, 1.807) is 0 Å². The van der Waals surface area contributed by atoms with Gasteiger partial charge in [0.25, 0.3) is 0 Å². The maximum absolute atomic E-state index is 6.10. The average molecular weight is 290 g/mol. The number of hydrogen-bond acceptors (Lipinski definition) is 3. The lowest BCUT2D eigenvalue weighted by Gasteiger charge is -2.37. The van der Waals surface area contributed by atoms with Gasteiger partial charge in [-0.05, 0) is 38.9 Å². The Morgan fingerprint density at radius 1 is 1.24 bits per heavy atom. The van der Waals surface area contributed by atoms with Gasteiger partial charge >= 0.3 is 0 Å². The van der Waals surface area contributed by atoms with E-state index < -0.39 is 0 Å². The second-order valence-electron chi connectivity index (χ2n) is 6.16. The molecule has 1 aromatic rings. The van der Waals surface area contributed by atoms with E-state index in [4.69, 9.17) is 4.74 Å². The van der Waals surface area contributed by atoms with Crippen LogP contribution in [0.5, 0.6) is 0 Å². The van der Waals surface area contributed by atoms with Crippen molar-refractivity contribution in [1.29, 1.82) is 0 Å². The standard InChI is InChI=1S/C18H30N2O/c1-5-7-19-18(16-11-14(3)10-15(4)12-16)17-13-20(6-2)8-9-21-17/h10-12,17-19H,5-9,13H2,1-4H3. The minimum Gasteiger partial charge on any atom is -0.374 e. The molecule has 3 nitrogen and oxygen atoms in total. The van der Waals surface area contributed by atoms with Gasteiger partial charge in [-0.3, -0.25) is 4.90 Å². The number of ether oxygens (including phenoxy) is 1. The van der Waals surface area contributed by atoms with Gasteiger partial charge in [-0.1, -0.05) is 43.2 Å². The third-order valence-electron chi connectivity index (χ3n) is 4.21. The van der Waals surface area contributed by atoms with E-state index >= 15 is 0 Å². The molecule has 2 atom stereocenters. The van der Waals surface area contributed by atoms with Gasteiger partial charge in [0.05, 0.1) is 18.8 Å². The zero-order valence-electron chi connectivity index (χ0n) is 14.0. The first-order valence-electron chi connectivity index (χ1n) is 8.29. The molecule has 1 heterocycles. The predicted octanol–water partition coefficient (Wildman–Crippen LogP) is 3.06. The SMILES string of the molecule is CCCNC(c1cc(C)cc(C)c1)C1CN(CC)CCO1. The highest BCUT2D eigenvalue weighted by Gasteiger charge is 2.28. The largest absolute Gasteiger partial charge is 0.374 e. The van der Waals surface area contributed by atoms with Gasteiger partial charge in [-0.25, -0.2) is 0 Å². The summed E-state index contributed by atoms with van der Waals surface area (Å²) in [7, 11) is 0.